The van der Waals surface area contributed by atoms with Gasteiger partial charge in [-0.25, -0.2) is 0 Å². The Balaban J connectivity index is 1.77. The average Bonchev–Trinajstić information content (AvgIpc) is 3.15. The Hall–Kier alpha value is -3.59. The molecule has 4 aromatic rings. The predicted octanol–water partition coefficient (Wildman–Crippen LogP) is 3.28. The monoisotopic (exact) mass is 394 g/mol. The zero-order chi connectivity index (χ0) is 19.7. The van der Waals surface area contributed by atoms with Gasteiger partial charge in [0.15, 0.2) is 5.43 Å². The summed E-state index contributed by atoms with van der Waals surface area (Å²) in [4.78, 5) is 29.2. The van der Waals surface area contributed by atoms with E-state index in [1.54, 1.807) is 24.3 Å². The summed E-state index contributed by atoms with van der Waals surface area (Å²) in [5, 5.41) is 11.4. The number of amides is 1. The topological polar surface area (TPSA) is 107 Å². The number of benzene rings is 1. The summed E-state index contributed by atoms with van der Waals surface area (Å²) in [6, 6.07) is 8.37. The van der Waals surface area contributed by atoms with Gasteiger partial charge in [-0.1, -0.05) is 11.2 Å². The van der Waals surface area contributed by atoms with Gasteiger partial charge < -0.3 is 9.15 Å². The number of anilines is 1. The molecule has 0 saturated heterocycles. The highest BCUT2D eigenvalue weighted by atomic mass is 32.1. The largest absolute Gasteiger partial charge is 0.472 e. The van der Waals surface area contributed by atoms with Crippen LogP contribution in [0.3, 0.4) is 0 Å². The molecule has 1 aromatic carbocycles. The third-order valence-electron chi connectivity index (χ3n) is 4.06. The van der Waals surface area contributed by atoms with Gasteiger partial charge in [0.25, 0.3) is 11.1 Å². The second-order valence-electron chi connectivity index (χ2n) is 5.90. The van der Waals surface area contributed by atoms with Crippen LogP contribution in [0, 0.1) is 6.92 Å². The molecule has 0 unspecified atom stereocenters. The van der Waals surface area contributed by atoms with Crippen LogP contribution < -0.4 is 15.5 Å². The molecule has 3 aromatic heterocycles. The van der Waals surface area contributed by atoms with Gasteiger partial charge in [-0.15, -0.1) is 5.10 Å². The van der Waals surface area contributed by atoms with Gasteiger partial charge in [0.2, 0.25) is 5.13 Å². The van der Waals surface area contributed by atoms with Gasteiger partial charge >= 0.3 is 0 Å². The van der Waals surface area contributed by atoms with Crippen LogP contribution in [-0.2, 0) is 0 Å². The molecule has 0 fully saturated rings. The second-order valence-corrected chi connectivity index (χ2v) is 6.84. The first-order chi connectivity index (χ1) is 13.5. The lowest BCUT2D eigenvalue weighted by molar-refractivity contribution is 0.102. The molecule has 0 saturated carbocycles. The number of hydrogen-bond acceptors (Lipinski definition) is 8. The number of nitrogens with one attached hydrogen (secondary N) is 1. The fraction of sp³-hybridized carbons (Fsp3) is 0.105. The maximum atomic E-state index is 12.8. The molecule has 140 valence electrons. The van der Waals surface area contributed by atoms with Crippen LogP contribution in [0.5, 0.6) is 5.19 Å². The fourth-order valence-corrected chi connectivity index (χ4v) is 3.29. The molecule has 0 aliphatic heterocycles. The van der Waals surface area contributed by atoms with Gasteiger partial charge in [0, 0.05) is 18.0 Å². The summed E-state index contributed by atoms with van der Waals surface area (Å²) in [5.41, 5.74) is 2.77. The van der Waals surface area contributed by atoms with Crippen molar-refractivity contribution in [2.24, 2.45) is 0 Å². The first-order valence-corrected chi connectivity index (χ1v) is 9.04. The number of fused-ring (bicyclic) bond motifs is 1. The van der Waals surface area contributed by atoms with Gasteiger partial charge in [-0.3, -0.25) is 19.9 Å². The zero-order valence-electron chi connectivity index (χ0n) is 14.9. The van der Waals surface area contributed by atoms with E-state index in [0.717, 1.165) is 17.0 Å². The number of nitrogens with zero attached hydrogens (tertiary/aromatic N) is 3. The summed E-state index contributed by atoms with van der Waals surface area (Å²) in [6.45, 7) is 1.83. The van der Waals surface area contributed by atoms with Crippen molar-refractivity contribution >= 4 is 33.3 Å². The Morgan fingerprint density at radius 3 is 2.86 bits per heavy atom. The smallest absolute Gasteiger partial charge is 0.295 e. The predicted molar refractivity (Wildman–Crippen MR) is 105 cm³/mol. The number of rotatable bonds is 4. The van der Waals surface area contributed by atoms with Crippen molar-refractivity contribution < 1.29 is 13.9 Å². The normalized spacial score (nSPS) is 10.8. The summed E-state index contributed by atoms with van der Waals surface area (Å²) >= 11 is 1.11. The first kappa shape index (κ1) is 17.8. The minimum atomic E-state index is -0.388. The van der Waals surface area contributed by atoms with E-state index in [4.69, 9.17) is 9.15 Å². The number of aryl methyl sites for hydroxylation is 1. The van der Waals surface area contributed by atoms with E-state index >= 15 is 0 Å². The van der Waals surface area contributed by atoms with Crippen molar-refractivity contribution in [3.05, 3.63) is 64.3 Å². The molecule has 9 heteroatoms. The quantitative estimate of drug-likeness (QED) is 0.566. The number of carbonyl (C=O) groups is 1. The van der Waals surface area contributed by atoms with Crippen molar-refractivity contribution in [2.75, 3.05) is 12.4 Å². The fourth-order valence-electron chi connectivity index (χ4n) is 2.74. The van der Waals surface area contributed by atoms with Gasteiger partial charge in [0.05, 0.1) is 24.3 Å². The van der Waals surface area contributed by atoms with Crippen LogP contribution in [0.25, 0.3) is 22.1 Å². The standard InChI is InChI=1S/C19H14N4O4S/c1-10-7-12(11-3-4-16-13(8-11)15(24)5-6-27-16)14(9-20-10)17(25)21-18-22-23-19(26-2)28-18/h3-9H,1-2H3,(H,21,22,25). The van der Waals surface area contributed by atoms with Crippen LogP contribution in [0.2, 0.25) is 0 Å². The maximum absolute atomic E-state index is 12.8. The number of carbonyl (C=O) groups excluding carboxylic acids is 1. The van der Waals surface area contributed by atoms with Crippen molar-refractivity contribution in [2.45, 2.75) is 6.92 Å². The molecule has 0 bridgehead atoms. The van der Waals surface area contributed by atoms with E-state index in [1.165, 1.54) is 25.6 Å². The van der Waals surface area contributed by atoms with E-state index in [0.29, 0.717) is 38.0 Å². The van der Waals surface area contributed by atoms with Crippen LogP contribution in [0.4, 0.5) is 5.13 Å². The van der Waals surface area contributed by atoms with Crippen LogP contribution in [0.15, 0.2) is 52.0 Å². The first-order valence-electron chi connectivity index (χ1n) is 8.22. The third-order valence-corrected chi connectivity index (χ3v) is 4.86. The van der Waals surface area contributed by atoms with Crippen molar-refractivity contribution in [1.82, 2.24) is 15.2 Å². The van der Waals surface area contributed by atoms with Crippen molar-refractivity contribution in [3.8, 4) is 16.3 Å². The number of methoxy groups -OCH3 is 1. The minimum Gasteiger partial charge on any atom is -0.472 e. The summed E-state index contributed by atoms with van der Waals surface area (Å²) in [7, 11) is 1.48. The molecule has 3 heterocycles. The van der Waals surface area contributed by atoms with Crippen LogP contribution in [-0.4, -0.2) is 28.2 Å². The van der Waals surface area contributed by atoms with Gasteiger partial charge in [-0.2, -0.15) is 0 Å². The van der Waals surface area contributed by atoms with E-state index in [-0.39, 0.29) is 11.3 Å². The van der Waals surface area contributed by atoms with Gasteiger partial charge in [0.1, 0.15) is 5.58 Å². The summed E-state index contributed by atoms with van der Waals surface area (Å²) in [5.74, 6) is -0.388. The second kappa shape index (κ2) is 7.20. The molecular weight excluding hydrogens is 380 g/mol. The lowest BCUT2D eigenvalue weighted by atomic mass is 9.99. The number of ether oxygens (including phenoxy) is 1. The van der Waals surface area contributed by atoms with Crippen LogP contribution >= 0.6 is 11.3 Å². The Bertz CT molecular complexity index is 1250. The molecule has 1 N–H and O–H groups in total. The lowest BCUT2D eigenvalue weighted by Crippen LogP contribution is -2.14. The molecule has 1 amide bonds. The molecule has 28 heavy (non-hydrogen) atoms. The zero-order valence-corrected chi connectivity index (χ0v) is 15.7. The van der Waals surface area contributed by atoms with E-state index in [9.17, 15) is 9.59 Å². The molecular formula is C19H14N4O4S. The molecule has 0 atom stereocenters. The Morgan fingerprint density at radius 2 is 2.07 bits per heavy atom. The van der Waals surface area contributed by atoms with E-state index in [2.05, 4.69) is 20.5 Å². The molecule has 4 rings (SSSR count). The highest BCUT2D eigenvalue weighted by Crippen LogP contribution is 2.28. The van der Waals surface area contributed by atoms with Crippen LogP contribution in [0.1, 0.15) is 16.1 Å². The SMILES string of the molecule is COc1nnc(NC(=O)c2cnc(C)cc2-c2ccc3occc(=O)c3c2)s1. The summed E-state index contributed by atoms with van der Waals surface area (Å²) in [6.07, 6.45) is 2.85. The molecule has 8 nitrogen and oxygen atoms in total. The van der Waals surface area contributed by atoms with E-state index < -0.39 is 0 Å². The highest BCUT2D eigenvalue weighted by Gasteiger charge is 2.17. The maximum Gasteiger partial charge on any atom is 0.295 e. The van der Waals surface area contributed by atoms with E-state index in [1.807, 2.05) is 6.92 Å². The summed E-state index contributed by atoms with van der Waals surface area (Å²) < 4.78 is 10.3. The number of aromatic nitrogens is 3. The molecule has 0 spiro atoms. The lowest BCUT2D eigenvalue weighted by Gasteiger charge is -2.10. The Morgan fingerprint density at radius 1 is 1.21 bits per heavy atom. The molecule has 0 aliphatic carbocycles. The highest BCUT2D eigenvalue weighted by molar-refractivity contribution is 7.17. The molecule has 0 radical (unpaired) electrons. The van der Waals surface area contributed by atoms with Gasteiger partial charge in [-0.05, 0) is 47.6 Å². The van der Waals surface area contributed by atoms with Crippen molar-refractivity contribution in [1.29, 1.82) is 0 Å². The number of hydrogen-bond donors (Lipinski definition) is 1. The average molecular weight is 394 g/mol. The van der Waals surface area contributed by atoms with Crippen molar-refractivity contribution in [3.63, 3.8) is 0 Å². The number of pyridine rings is 1. The Labute approximate surface area is 162 Å². The Kier molecular flexibility index (Phi) is 4.58. The minimum absolute atomic E-state index is 0.152. The molecule has 0 aliphatic rings. The third kappa shape index (κ3) is 3.35.